The molecule has 0 radical (unpaired) electrons. The van der Waals surface area contributed by atoms with Crippen molar-refractivity contribution < 1.29 is 9.90 Å². The van der Waals surface area contributed by atoms with Gasteiger partial charge >= 0.3 is 0 Å². The summed E-state index contributed by atoms with van der Waals surface area (Å²) in [5.74, 6) is 0.0211. The number of nitrogens with one attached hydrogen (secondary N) is 1. The van der Waals surface area contributed by atoms with Crippen LogP contribution in [0.3, 0.4) is 0 Å². The average Bonchev–Trinajstić information content (AvgIpc) is 2.69. The Morgan fingerprint density at radius 2 is 1.61 bits per heavy atom. The molecular weight excluding hydrogens is 346 g/mol. The fourth-order valence-electron chi connectivity index (χ4n) is 3.58. The van der Waals surface area contributed by atoms with E-state index in [1.807, 2.05) is 74.5 Å². The summed E-state index contributed by atoms with van der Waals surface area (Å²) in [4.78, 5) is 12.8. The van der Waals surface area contributed by atoms with Crippen molar-refractivity contribution >= 4 is 5.91 Å². The highest BCUT2D eigenvalue weighted by Gasteiger charge is 2.22. The first-order valence-corrected chi connectivity index (χ1v) is 9.70. The van der Waals surface area contributed by atoms with Gasteiger partial charge in [-0.15, -0.1) is 0 Å². The summed E-state index contributed by atoms with van der Waals surface area (Å²) in [5.41, 5.74) is 4.07. The molecular formula is C25H27NO2. The monoisotopic (exact) mass is 373 g/mol. The van der Waals surface area contributed by atoms with Crippen molar-refractivity contribution in [3.63, 3.8) is 0 Å². The highest BCUT2D eigenvalue weighted by atomic mass is 16.3. The number of phenols is 1. The van der Waals surface area contributed by atoms with Gasteiger partial charge in [-0.2, -0.15) is 0 Å². The molecule has 0 fully saturated rings. The lowest BCUT2D eigenvalue weighted by molar-refractivity contribution is -0.121. The predicted octanol–water partition coefficient (Wildman–Crippen LogP) is 4.97. The van der Waals surface area contributed by atoms with Crippen molar-refractivity contribution in [2.75, 3.05) is 0 Å². The third-order valence-electron chi connectivity index (χ3n) is 4.94. The Morgan fingerprint density at radius 1 is 0.964 bits per heavy atom. The first kappa shape index (κ1) is 19.7. The van der Waals surface area contributed by atoms with Crippen LogP contribution in [-0.2, 0) is 11.2 Å². The summed E-state index contributed by atoms with van der Waals surface area (Å²) in [6.45, 7) is 4.01. The number of aryl methyl sites for hydroxylation is 1. The van der Waals surface area contributed by atoms with E-state index < -0.39 is 0 Å². The van der Waals surface area contributed by atoms with E-state index in [4.69, 9.17) is 0 Å². The van der Waals surface area contributed by atoms with E-state index in [1.54, 1.807) is 6.07 Å². The van der Waals surface area contributed by atoms with Crippen LogP contribution in [-0.4, -0.2) is 17.1 Å². The smallest absolute Gasteiger partial charge is 0.221 e. The maximum atomic E-state index is 12.8. The number of aromatic hydroxyl groups is 1. The zero-order valence-corrected chi connectivity index (χ0v) is 16.4. The maximum absolute atomic E-state index is 12.8. The summed E-state index contributed by atoms with van der Waals surface area (Å²) < 4.78 is 0. The summed E-state index contributed by atoms with van der Waals surface area (Å²) in [6, 6.07) is 25.6. The predicted molar refractivity (Wildman–Crippen MR) is 113 cm³/mol. The highest BCUT2D eigenvalue weighted by molar-refractivity contribution is 5.78. The molecule has 0 unspecified atom stereocenters. The summed E-state index contributed by atoms with van der Waals surface area (Å²) in [7, 11) is 0. The molecule has 0 heterocycles. The molecule has 3 heteroatoms. The van der Waals surface area contributed by atoms with E-state index in [0.29, 0.717) is 6.42 Å². The first-order chi connectivity index (χ1) is 13.5. The lowest BCUT2D eigenvalue weighted by Gasteiger charge is -2.21. The molecule has 144 valence electrons. The van der Waals surface area contributed by atoms with E-state index in [9.17, 15) is 9.90 Å². The second kappa shape index (κ2) is 9.23. The number of carbonyl (C=O) groups excluding carboxylic acids is 1. The van der Waals surface area contributed by atoms with Crippen molar-refractivity contribution in [1.82, 2.24) is 5.32 Å². The van der Waals surface area contributed by atoms with Crippen LogP contribution in [0.5, 0.6) is 5.75 Å². The topological polar surface area (TPSA) is 49.3 Å². The Labute approximate surface area is 167 Å². The molecule has 28 heavy (non-hydrogen) atoms. The number of hydrogen-bond acceptors (Lipinski definition) is 2. The first-order valence-electron chi connectivity index (χ1n) is 9.70. The van der Waals surface area contributed by atoms with Crippen LogP contribution in [0.15, 0.2) is 78.9 Å². The molecule has 1 amide bonds. The van der Waals surface area contributed by atoms with Gasteiger partial charge in [0.1, 0.15) is 5.75 Å². The lowest BCUT2D eigenvalue weighted by atomic mass is 9.87. The second-order valence-electron chi connectivity index (χ2n) is 7.39. The van der Waals surface area contributed by atoms with Gasteiger partial charge in [0.15, 0.2) is 0 Å². The Hall–Kier alpha value is -3.07. The Bertz CT molecular complexity index is 906. The lowest BCUT2D eigenvalue weighted by Crippen LogP contribution is -2.35. The van der Waals surface area contributed by atoms with Gasteiger partial charge in [-0.05, 0) is 37.5 Å². The number of hydrogen-bond donors (Lipinski definition) is 2. The summed E-state index contributed by atoms with van der Waals surface area (Å²) in [6.07, 6.45) is 1.08. The van der Waals surface area contributed by atoms with Gasteiger partial charge in [0.2, 0.25) is 5.91 Å². The van der Waals surface area contributed by atoms with E-state index in [1.165, 1.54) is 5.56 Å². The Kier molecular flexibility index (Phi) is 6.49. The van der Waals surface area contributed by atoms with Gasteiger partial charge in [0.25, 0.3) is 0 Å². The van der Waals surface area contributed by atoms with Gasteiger partial charge in [0, 0.05) is 23.9 Å². The molecule has 3 nitrogen and oxygen atoms in total. The molecule has 2 N–H and O–H groups in total. The standard InChI is InChI=1S/C25H27NO2/c1-18-13-14-24(27)23(15-18)22(21-11-7-4-8-12-21)17-25(28)26-19(2)16-20-9-5-3-6-10-20/h3-15,19,22,27H,16-17H2,1-2H3,(H,26,28)/t19-,22-/m0/s1. The van der Waals surface area contributed by atoms with Crippen LogP contribution in [0, 0.1) is 6.92 Å². The molecule has 0 saturated carbocycles. The summed E-state index contributed by atoms with van der Waals surface area (Å²) in [5, 5.41) is 13.5. The van der Waals surface area contributed by atoms with Gasteiger partial charge < -0.3 is 10.4 Å². The minimum absolute atomic E-state index is 0.0156. The molecule has 0 bridgehead atoms. The molecule has 0 aliphatic heterocycles. The number of carbonyl (C=O) groups is 1. The SMILES string of the molecule is Cc1ccc(O)c([C@@H](CC(=O)N[C@@H](C)Cc2ccccc2)c2ccccc2)c1. The second-order valence-corrected chi connectivity index (χ2v) is 7.39. The van der Waals surface area contributed by atoms with Crippen LogP contribution >= 0.6 is 0 Å². The van der Waals surface area contributed by atoms with Crippen LogP contribution in [0.1, 0.15) is 41.5 Å². The van der Waals surface area contributed by atoms with Crippen LogP contribution < -0.4 is 5.32 Å². The maximum Gasteiger partial charge on any atom is 0.221 e. The van der Waals surface area contributed by atoms with Crippen LogP contribution in [0.4, 0.5) is 0 Å². The van der Waals surface area contributed by atoms with Gasteiger partial charge in [0.05, 0.1) is 0 Å². The quantitative estimate of drug-likeness (QED) is 0.614. The van der Waals surface area contributed by atoms with Crippen molar-refractivity contribution in [1.29, 1.82) is 0 Å². The van der Waals surface area contributed by atoms with Gasteiger partial charge in [-0.25, -0.2) is 0 Å². The Morgan fingerprint density at radius 3 is 2.29 bits per heavy atom. The third-order valence-corrected chi connectivity index (χ3v) is 4.94. The zero-order valence-electron chi connectivity index (χ0n) is 16.4. The van der Waals surface area contributed by atoms with E-state index in [2.05, 4.69) is 17.4 Å². The van der Waals surface area contributed by atoms with E-state index in [-0.39, 0.29) is 23.6 Å². The number of amides is 1. The normalized spacial score (nSPS) is 12.9. The largest absolute Gasteiger partial charge is 0.508 e. The molecule has 0 spiro atoms. The molecule has 0 saturated heterocycles. The zero-order chi connectivity index (χ0) is 19.9. The van der Waals surface area contributed by atoms with E-state index >= 15 is 0 Å². The average molecular weight is 373 g/mol. The Balaban J connectivity index is 1.76. The molecule has 2 atom stereocenters. The third kappa shape index (κ3) is 5.23. The molecule has 0 aliphatic rings. The molecule has 3 rings (SSSR count). The number of benzene rings is 3. The van der Waals surface area contributed by atoms with Crippen LogP contribution in [0.2, 0.25) is 0 Å². The minimum Gasteiger partial charge on any atom is -0.508 e. The molecule has 3 aromatic rings. The van der Waals surface area contributed by atoms with Crippen LogP contribution in [0.25, 0.3) is 0 Å². The van der Waals surface area contributed by atoms with E-state index in [0.717, 1.165) is 23.1 Å². The fourth-order valence-corrected chi connectivity index (χ4v) is 3.58. The van der Waals surface area contributed by atoms with Crippen molar-refractivity contribution in [3.05, 3.63) is 101 Å². The molecule has 3 aromatic carbocycles. The minimum atomic E-state index is -0.190. The highest BCUT2D eigenvalue weighted by Crippen LogP contribution is 2.34. The molecule has 0 aliphatic carbocycles. The van der Waals surface area contributed by atoms with Crippen molar-refractivity contribution in [2.24, 2.45) is 0 Å². The molecule has 0 aromatic heterocycles. The van der Waals surface area contributed by atoms with Gasteiger partial charge in [-0.1, -0.05) is 78.4 Å². The number of phenolic OH excluding ortho intramolecular Hbond substituents is 1. The van der Waals surface area contributed by atoms with Crippen molar-refractivity contribution in [3.8, 4) is 5.75 Å². The fraction of sp³-hybridized carbons (Fsp3) is 0.240. The number of rotatable bonds is 7. The summed E-state index contributed by atoms with van der Waals surface area (Å²) >= 11 is 0. The van der Waals surface area contributed by atoms with Gasteiger partial charge in [-0.3, -0.25) is 4.79 Å². The van der Waals surface area contributed by atoms with Crippen molar-refractivity contribution in [2.45, 2.75) is 38.6 Å².